The van der Waals surface area contributed by atoms with Crippen LogP contribution >= 0.6 is 0 Å². The predicted octanol–water partition coefficient (Wildman–Crippen LogP) is 5.43. The molecular formula is C30H26O5. The van der Waals surface area contributed by atoms with Crippen molar-refractivity contribution >= 4 is 5.78 Å². The highest BCUT2D eigenvalue weighted by Gasteiger charge is 2.43. The third-order valence-corrected chi connectivity index (χ3v) is 6.87. The van der Waals surface area contributed by atoms with Gasteiger partial charge in [0.15, 0.2) is 28.8 Å². The van der Waals surface area contributed by atoms with E-state index in [9.17, 15) is 15.0 Å². The Balaban J connectivity index is 1.76. The minimum absolute atomic E-state index is 0.0124. The molecule has 4 aromatic carbocycles. The third-order valence-electron chi connectivity index (χ3n) is 6.87. The number of carbonyl (C=O) groups is 1. The van der Waals surface area contributed by atoms with Gasteiger partial charge in [-0.15, -0.1) is 0 Å². The molecule has 0 saturated carbocycles. The van der Waals surface area contributed by atoms with E-state index < -0.39 is 5.41 Å². The fourth-order valence-electron chi connectivity index (χ4n) is 5.29. The standard InChI is InChI=1S/C30H26O5/c1-34-27-15-19(11-13-25(27)31)17-30(18-20-12-14-26(32)28(16-20)35-2)23-9-5-3-7-21(23)29(33)22-8-4-6-10-24(22)30/h3-16,31-32H,17-18H2,1-2H3. The van der Waals surface area contributed by atoms with Crippen LogP contribution in [0, 0.1) is 0 Å². The fraction of sp³-hybridized carbons (Fsp3) is 0.167. The summed E-state index contributed by atoms with van der Waals surface area (Å²) in [5, 5.41) is 20.3. The molecule has 0 aliphatic heterocycles. The van der Waals surface area contributed by atoms with E-state index in [1.165, 1.54) is 14.2 Å². The second kappa shape index (κ2) is 8.84. The lowest BCUT2D eigenvalue weighted by Gasteiger charge is -2.41. The van der Waals surface area contributed by atoms with E-state index in [0.717, 1.165) is 22.3 Å². The van der Waals surface area contributed by atoms with Crippen LogP contribution in [0.5, 0.6) is 23.0 Å². The molecule has 5 nitrogen and oxygen atoms in total. The number of ether oxygens (including phenoxy) is 2. The smallest absolute Gasteiger partial charge is 0.193 e. The van der Waals surface area contributed by atoms with Gasteiger partial charge in [-0.1, -0.05) is 60.7 Å². The summed E-state index contributed by atoms with van der Waals surface area (Å²) in [6.45, 7) is 0. The SMILES string of the molecule is COc1cc(CC2(Cc3ccc(O)c(OC)c3)c3ccccc3C(=O)c3ccccc32)ccc1O. The highest BCUT2D eigenvalue weighted by atomic mass is 16.5. The van der Waals surface area contributed by atoms with Crippen LogP contribution < -0.4 is 9.47 Å². The zero-order valence-electron chi connectivity index (χ0n) is 19.6. The number of phenolic OH excluding ortho intramolecular Hbond substituents is 2. The first kappa shape index (κ1) is 22.5. The van der Waals surface area contributed by atoms with E-state index >= 15 is 0 Å². The molecule has 0 spiro atoms. The van der Waals surface area contributed by atoms with Gasteiger partial charge in [0.2, 0.25) is 0 Å². The first-order chi connectivity index (χ1) is 17.0. The van der Waals surface area contributed by atoms with Crippen LogP contribution in [0.15, 0.2) is 84.9 Å². The van der Waals surface area contributed by atoms with Gasteiger partial charge in [0, 0.05) is 16.5 Å². The molecule has 176 valence electrons. The molecule has 1 aliphatic rings. The van der Waals surface area contributed by atoms with E-state index in [-0.39, 0.29) is 17.3 Å². The van der Waals surface area contributed by atoms with Gasteiger partial charge in [-0.25, -0.2) is 0 Å². The molecule has 0 bridgehead atoms. The summed E-state index contributed by atoms with van der Waals surface area (Å²) in [5.74, 6) is 0.967. The summed E-state index contributed by atoms with van der Waals surface area (Å²) < 4.78 is 10.8. The highest BCUT2D eigenvalue weighted by Crippen LogP contribution is 2.47. The molecule has 0 amide bonds. The Kier molecular flexibility index (Phi) is 5.69. The minimum atomic E-state index is -0.592. The van der Waals surface area contributed by atoms with E-state index in [4.69, 9.17) is 9.47 Å². The maximum Gasteiger partial charge on any atom is 0.193 e. The Morgan fingerprint density at radius 3 is 1.51 bits per heavy atom. The van der Waals surface area contributed by atoms with Gasteiger partial charge in [-0.3, -0.25) is 4.79 Å². The van der Waals surface area contributed by atoms with Crippen molar-refractivity contribution in [2.45, 2.75) is 18.3 Å². The average Bonchev–Trinajstić information content (AvgIpc) is 2.89. The number of rotatable bonds is 6. The van der Waals surface area contributed by atoms with Crippen molar-refractivity contribution in [2.24, 2.45) is 0 Å². The molecule has 0 heterocycles. The van der Waals surface area contributed by atoms with Crippen LogP contribution in [0.1, 0.15) is 38.2 Å². The van der Waals surface area contributed by atoms with Crippen molar-refractivity contribution in [1.29, 1.82) is 0 Å². The van der Waals surface area contributed by atoms with Gasteiger partial charge >= 0.3 is 0 Å². The van der Waals surface area contributed by atoms with Gasteiger partial charge in [0.1, 0.15) is 0 Å². The summed E-state index contributed by atoms with van der Waals surface area (Å²) in [4.78, 5) is 13.5. The summed E-state index contributed by atoms with van der Waals surface area (Å²) in [6.07, 6.45) is 1.13. The van der Waals surface area contributed by atoms with Crippen LogP contribution in [0.4, 0.5) is 0 Å². The second-order valence-corrected chi connectivity index (χ2v) is 8.87. The fourth-order valence-corrected chi connectivity index (χ4v) is 5.29. The topological polar surface area (TPSA) is 76.0 Å². The number of fused-ring (bicyclic) bond motifs is 2. The summed E-state index contributed by atoms with van der Waals surface area (Å²) >= 11 is 0. The van der Waals surface area contributed by atoms with Crippen LogP contribution in [0.3, 0.4) is 0 Å². The van der Waals surface area contributed by atoms with Crippen molar-refractivity contribution < 1.29 is 24.5 Å². The van der Waals surface area contributed by atoms with Gasteiger partial charge < -0.3 is 19.7 Å². The molecule has 5 heteroatoms. The Morgan fingerprint density at radius 1 is 0.657 bits per heavy atom. The second-order valence-electron chi connectivity index (χ2n) is 8.87. The molecule has 2 N–H and O–H groups in total. The lowest BCUT2D eigenvalue weighted by atomic mass is 9.61. The largest absolute Gasteiger partial charge is 0.504 e. The first-order valence-electron chi connectivity index (χ1n) is 11.4. The maximum atomic E-state index is 13.5. The maximum absolute atomic E-state index is 13.5. The minimum Gasteiger partial charge on any atom is -0.504 e. The van der Waals surface area contributed by atoms with Crippen molar-refractivity contribution in [3.05, 3.63) is 118 Å². The number of benzene rings is 4. The van der Waals surface area contributed by atoms with E-state index in [1.54, 1.807) is 12.1 Å². The first-order valence-corrected chi connectivity index (χ1v) is 11.4. The highest BCUT2D eigenvalue weighted by molar-refractivity contribution is 6.13. The molecule has 0 atom stereocenters. The van der Waals surface area contributed by atoms with Crippen molar-refractivity contribution in [1.82, 2.24) is 0 Å². The quantitative estimate of drug-likeness (QED) is 0.396. The van der Waals surface area contributed by atoms with E-state index in [1.807, 2.05) is 72.8 Å². The summed E-state index contributed by atoms with van der Waals surface area (Å²) in [7, 11) is 3.06. The van der Waals surface area contributed by atoms with E-state index in [2.05, 4.69) is 0 Å². The average molecular weight is 467 g/mol. The molecule has 0 unspecified atom stereocenters. The molecule has 5 rings (SSSR count). The Morgan fingerprint density at radius 2 is 1.09 bits per heavy atom. The molecule has 0 aromatic heterocycles. The lowest BCUT2D eigenvalue weighted by Crippen LogP contribution is -2.39. The summed E-state index contributed by atoms with van der Waals surface area (Å²) in [6, 6.07) is 26.3. The summed E-state index contributed by atoms with van der Waals surface area (Å²) in [5.41, 5.74) is 4.59. The number of ketones is 1. The van der Waals surface area contributed by atoms with Gasteiger partial charge in [-0.2, -0.15) is 0 Å². The molecule has 0 radical (unpaired) electrons. The molecule has 0 fully saturated rings. The molecule has 1 aliphatic carbocycles. The van der Waals surface area contributed by atoms with Gasteiger partial charge in [0.05, 0.1) is 14.2 Å². The Hall–Kier alpha value is -4.25. The van der Waals surface area contributed by atoms with Crippen LogP contribution in [0.2, 0.25) is 0 Å². The molecular weight excluding hydrogens is 440 g/mol. The van der Waals surface area contributed by atoms with E-state index in [0.29, 0.717) is 35.5 Å². The number of phenols is 2. The van der Waals surface area contributed by atoms with Gasteiger partial charge in [0.25, 0.3) is 0 Å². The molecule has 4 aromatic rings. The van der Waals surface area contributed by atoms with Crippen LogP contribution in [0.25, 0.3) is 0 Å². The number of carbonyl (C=O) groups excluding carboxylic acids is 1. The Labute approximate surface area is 204 Å². The lowest BCUT2D eigenvalue weighted by molar-refractivity contribution is 0.102. The zero-order chi connectivity index (χ0) is 24.6. The van der Waals surface area contributed by atoms with Crippen LogP contribution in [-0.4, -0.2) is 30.2 Å². The number of methoxy groups -OCH3 is 2. The molecule has 0 saturated heterocycles. The van der Waals surface area contributed by atoms with Gasteiger partial charge in [-0.05, 0) is 59.4 Å². The van der Waals surface area contributed by atoms with Crippen molar-refractivity contribution in [2.75, 3.05) is 14.2 Å². The van der Waals surface area contributed by atoms with Crippen molar-refractivity contribution in [3.8, 4) is 23.0 Å². The Bertz CT molecular complexity index is 1320. The molecule has 35 heavy (non-hydrogen) atoms. The van der Waals surface area contributed by atoms with Crippen LogP contribution in [-0.2, 0) is 18.3 Å². The van der Waals surface area contributed by atoms with Crippen molar-refractivity contribution in [3.63, 3.8) is 0 Å². The monoisotopic (exact) mass is 466 g/mol. The normalized spacial score (nSPS) is 13.6. The zero-order valence-corrected chi connectivity index (χ0v) is 19.6. The number of hydrogen-bond donors (Lipinski definition) is 2. The predicted molar refractivity (Wildman–Crippen MR) is 134 cm³/mol. The third kappa shape index (κ3) is 3.79. The number of hydrogen-bond acceptors (Lipinski definition) is 5. The number of aromatic hydroxyl groups is 2.